The second kappa shape index (κ2) is 5.76. The first-order valence-corrected chi connectivity index (χ1v) is 7.91. The van der Waals surface area contributed by atoms with Crippen molar-refractivity contribution in [2.75, 3.05) is 0 Å². The molecule has 0 bridgehead atoms. The van der Waals surface area contributed by atoms with Crippen LogP contribution in [-0.2, 0) is 5.41 Å². The summed E-state index contributed by atoms with van der Waals surface area (Å²) in [5, 5.41) is 1.13. The van der Waals surface area contributed by atoms with Gasteiger partial charge in [0.05, 0.1) is 4.47 Å². The molecule has 0 amide bonds. The summed E-state index contributed by atoms with van der Waals surface area (Å²) in [6.45, 7) is 6.31. The minimum atomic E-state index is -0.0908. The molecular formula is C14H13BrCl2N2S. The minimum absolute atomic E-state index is 0.0908. The van der Waals surface area contributed by atoms with Crippen molar-refractivity contribution in [1.82, 2.24) is 9.97 Å². The third-order valence-corrected chi connectivity index (χ3v) is 4.52. The normalized spacial score (nSPS) is 11.7. The number of nitrogens with zero attached hydrogens (tertiary/aromatic N) is 1. The maximum absolute atomic E-state index is 6.04. The maximum Gasteiger partial charge on any atom is 0.144 e. The zero-order valence-corrected chi connectivity index (χ0v) is 15.1. The van der Waals surface area contributed by atoms with E-state index in [9.17, 15) is 0 Å². The molecule has 2 nitrogen and oxygen atoms in total. The van der Waals surface area contributed by atoms with Crippen LogP contribution in [0.3, 0.4) is 0 Å². The van der Waals surface area contributed by atoms with Gasteiger partial charge in [-0.3, -0.25) is 0 Å². The molecule has 0 aliphatic rings. The number of nitrogens with one attached hydrogen (secondary N) is 1. The molecule has 2 aromatic rings. The van der Waals surface area contributed by atoms with Crippen LogP contribution in [0, 0.1) is 4.64 Å². The second-order valence-electron chi connectivity index (χ2n) is 5.49. The molecule has 6 heteroatoms. The summed E-state index contributed by atoms with van der Waals surface area (Å²) in [4.78, 5) is 7.72. The molecule has 1 aromatic heterocycles. The third kappa shape index (κ3) is 3.42. The molecule has 0 fully saturated rings. The van der Waals surface area contributed by atoms with Gasteiger partial charge in [0.15, 0.2) is 0 Å². The number of hydrogen-bond acceptors (Lipinski definition) is 2. The molecule has 0 saturated heterocycles. The highest BCUT2D eigenvalue weighted by atomic mass is 79.9. The average molecular weight is 392 g/mol. The van der Waals surface area contributed by atoms with Crippen LogP contribution >= 0.6 is 51.3 Å². The summed E-state index contributed by atoms with van der Waals surface area (Å²) < 4.78 is 1.33. The van der Waals surface area contributed by atoms with Gasteiger partial charge in [0.2, 0.25) is 0 Å². The highest BCUT2D eigenvalue weighted by Crippen LogP contribution is 2.31. The minimum Gasteiger partial charge on any atom is -0.342 e. The molecule has 0 aliphatic carbocycles. The standard InChI is InChI=1S/C14H13BrCl2N2S/c1-14(2,3)11-10(15)13(20)19-12(18-11)7-4-8(16)6-9(17)5-7/h4-6H,1-3H3,(H,18,19,20). The maximum atomic E-state index is 6.04. The lowest BCUT2D eigenvalue weighted by molar-refractivity contribution is 0.563. The number of aromatic nitrogens is 2. The summed E-state index contributed by atoms with van der Waals surface area (Å²) in [6, 6.07) is 5.30. The van der Waals surface area contributed by atoms with Crippen molar-refractivity contribution in [3.8, 4) is 11.4 Å². The molecule has 0 radical (unpaired) electrons. The molecule has 20 heavy (non-hydrogen) atoms. The van der Waals surface area contributed by atoms with Crippen LogP contribution in [0.25, 0.3) is 11.4 Å². The van der Waals surface area contributed by atoms with Crippen molar-refractivity contribution in [2.24, 2.45) is 0 Å². The smallest absolute Gasteiger partial charge is 0.144 e. The summed E-state index contributed by atoms with van der Waals surface area (Å²) in [5.41, 5.74) is 1.71. The van der Waals surface area contributed by atoms with Crippen LogP contribution in [0.2, 0.25) is 10.0 Å². The fourth-order valence-electron chi connectivity index (χ4n) is 1.80. The average Bonchev–Trinajstić information content (AvgIpc) is 2.29. The van der Waals surface area contributed by atoms with Crippen molar-refractivity contribution in [3.05, 3.63) is 43.1 Å². The van der Waals surface area contributed by atoms with Crippen LogP contribution in [-0.4, -0.2) is 9.97 Å². The molecule has 0 spiro atoms. The Morgan fingerprint density at radius 3 is 2.20 bits per heavy atom. The van der Waals surface area contributed by atoms with E-state index in [2.05, 4.69) is 46.7 Å². The Balaban J connectivity index is 2.70. The van der Waals surface area contributed by atoms with Crippen molar-refractivity contribution in [2.45, 2.75) is 26.2 Å². The molecule has 1 N–H and O–H groups in total. The van der Waals surface area contributed by atoms with E-state index in [1.165, 1.54) is 0 Å². The number of aromatic amines is 1. The molecule has 106 valence electrons. The number of halogens is 3. The quantitative estimate of drug-likeness (QED) is 0.588. The van der Waals surface area contributed by atoms with Gasteiger partial charge in [-0.15, -0.1) is 0 Å². The number of H-pyrrole nitrogens is 1. The number of hydrogen-bond donors (Lipinski definition) is 1. The fraction of sp³-hybridized carbons (Fsp3) is 0.286. The summed E-state index contributed by atoms with van der Waals surface area (Å²) in [7, 11) is 0. The SMILES string of the molecule is CC(C)(C)c1[nH]c(-c2cc(Cl)cc(Cl)c2)nc(=S)c1Br. The monoisotopic (exact) mass is 390 g/mol. The van der Waals surface area contributed by atoms with Gasteiger partial charge in [-0.25, -0.2) is 4.98 Å². The van der Waals surface area contributed by atoms with Crippen molar-refractivity contribution in [1.29, 1.82) is 0 Å². The van der Waals surface area contributed by atoms with E-state index < -0.39 is 0 Å². The molecular weight excluding hydrogens is 379 g/mol. The third-order valence-electron chi connectivity index (χ3n) is 2.75. The van der Waals surface area contributed by atoms with E-state index in [4.69, 9.17) is 35.4 Å². The van der Waals surface area contributed by atoms with E-state index in [1.54, 1.807) is 18.2 Å². The van der Waals surface area contributed by atoms with Crippen LogP contribution in [0.15, 0.2) is 22.7 Å². The Morgan fingerprint density at radius 1 is 1.15 bits per heavy atom. The largest absolute Gasteiger partial charge is 0.342 e. The second-order valence-corrected chi connectivity index (χ2v) is 7.54. The van der Waals surface area contributed by atoms with Gasteiger partial charge in [0.25, 0.3) is 0 Å². The van der Waals surface area contributed by atoms with Gasteiger partial charge in [0.1, 0.15) is 10.5 Å². The van der Waals surface area contributed by atoms with E-state index in [0.29, 0.717) is 20.5 Å². The first kappa shape index (κ1) is 16.0. The lowest BCUT2D eigenvalue weighted by Crippen LogP contribution is -2.16. The Kier molecular flexibility index (Phi) is 4.59. The van der Waals surface area contributed by atoms with Crippen molar-refractivity contribution in [3.63, 3.8) is 0 Å². The van der Waals surface area contributed by atoms with Crippen molar-refractivity contribution < 1.29 is 0 Å². The summed E-state index contributed by atoms with van der Waals surface area (Å²) in [5.74, 6) is 0.660. The van der Waals surface area contributed by atoms with Gasteiger partial charge in [-0.05, 0) is 34.1 Å². The topological polar surface area (TPSA) is 28.7 Å². The lowest BCUT2D eigenvalue weighted by atomic mass is 9.92. The van der Waals surface area contributed by atoms with Gasteiger partial charge in [-0.2, -0.15) is 0 Å². The predicted octanol–water partition coefficient (Wildman–Crippen LogP) is 6.17. The van der Waals surface area contributed by atoms with Gasteiger partial charge in [0, 0.05) is 26.7 Å². The van der Waals surface area contributed by atoms with E-state index in [1.807, 2.05) is 0 Å². The molecule has 1 aromatic carbocycles. The summed E-state index contributed by atoms with van der Waals surface area (Å²) >= 11 is 20.9. The van der Waals surface area contributed by atoms with Crippen LogP contribution in [0.1, 0.15) is 26.5 Å². The van der Waals surface area contributed by atoms with E-state index in [0.717, 1.165) is 15.7 Å². The fourth-order valence-corrected chi connectivity index (χ4v) is 3.30. The highest BCUT2D eigenvalue weighted by molar-refractivity contribution is 9.10. The Labute approximate surface area is 141 Å². The molecule has 0 unspecified atom stereocenters. The Morgan fingerprint density at radius 2 is 1.70 bits per heavy atom. The van der Waals surface area contributed by atoms with Gasteiger partial charge in [-0.1, -0.05) is 56.2 Å². The van der Waals surface area contributed by atoms with E-state index >= 15 is 0 Å². The Bertz CT molecular complexity index is 700. The van der Waals surface area contributed by atoms with Crippen molar-refractivity contribution >= 4 is 51.3 Å². The molecule has 0 atom stereocenters. The number of benzene rings is 1. The molecule has 0 aliphatic heterocycles. The first-order valence-electron chi connectivity index (χ1n) is 5.95. The Hall–Kier alpha value is -0.420. The lowest BCUT2D eigenvalue weighted by Gasteiger charge is -2.21. The molecule has 1 heterocycles. The van der Waals surface area contributed by atoms with Crippen LogP contribution < -0.4 is 0 Å². The summed E-state index contributed by atoms with van der Waals surface area (Å²) in [6.07, 6.45) is 0. The van der Waals surface area contributed by atoms with Crippen LogP contribution in [0.4, 0.5) is 0 Å². The van der Waals surface area contributed by atoms with Crippen LogP contribution in [0.5, 0.6) is 0 Å². The van der Waals surface area contributed by atoms with E-state index in [-0.39, 0.29) is 5.41 Å². The predicted molar refractivity (Wildman–Crippen MR) is 91.3 cm³/mol. The molecule has 2 rings (SSSR count). The zero-order valence-electron chi connectivity index (χ0n) is 11.2. The van der Waals surface area contributed by atoms with Gasteiger partial charge < -0.3 is 4.98 Å². The zero-order chi connectivity index (χ0) is 15.1. The molecule has 0 saturated carbocycles. The number of rotatable bonds is 1. The first-order chi connectivity index (χ1) is 9.18. The highest BCUT2D eigenvalue weighted by Gasteiger charge is 2.20. The van der Waals surface area contributed by atoms with Gasteiger partial charge >= 0.3 is 0 Å².